The molecule has 0 spiro atoms. The Morgan fingerprint density at radius 1 is 0.368 bits per heavy atom. The van der Waals surface area contributed by atoms with Crippen LogP contribution >= 0.6 is 0 Å². The van der Waals surface area contributed by atoms with Gasteiger partial charge < -0.3 is 0 Å². The highest BCUT2D eigenvalue weighted by molar-refractivity contribution is 6.92. The van der Waals surface area contributed by atoms with Crippen LogP contribution in [-0.4, -0.2) is 16.1 Å². The van der Waals surface area contributed by atoms with Crippen molar-refractivity contribution in [3.63, 3.8) is 0 Å². The lowest BCUT2D eigenvalue weighted by atomic mass is 9.98. The molecule has 0 heterocycles. The molecule has 0 bridgehead atoms. The largest absolute Gasteiger partial charge is 0.112 e. The van der Waals surface area contributed by atoms with E-state index >= 15 is 0 Å². The molecule has 0 radical (unpaired) electrons. The van der Waals surface area contributed by atoms with Crippen LogP contribution in [0.15, 0.2) is 143 Å². The van der Waals surface area contributed by atoms with Gasteiger partial charge in [-0.3, -0.25) is 0 Å². The first-order valence-electron chi connectivity index (χ1n) is 13.4. The van der Waals surface area contributed by atoms with Crippen molar-refractivity contribution in [2.75, 3.05) is 0 Å². The minimum atomic E-state index is -1.85. The standard InChI is InChI=1S/C36H38Si2/c1-37(2,3)35(27-33(29-19-11-7-12-20-29)30-21-13-8-14-22-30)36(38(4,5)6)28-34(31-23-15-9-16-24-31)32-25-17-10-18-26-32/h7-26H,1-6H3. The minimum Gasteiger partial charge on any atom is -0.112 e. The summed E-state index contributed by atoms with van der Waals surface area (Å²) in [5.41, 5.74) is 15.2. The number of hydrogen-bond donors (Lipinski definition) is 0. The Morgan fingerprint density at radius 3 is 0.763 bits per heavy atom. The van der Waals surface area contributed by atoms with E-state index in [4.69, 9.17) is 0 Å². The Hall–Kier alpha value is -3.65. The van der Waals surface area contributed by atoms with E-state index in [2.05, 4.69) is 172 Å². The second kappa shape index (κ2) is 11.8. The van der Waals surface area contributed by atoms with E-state index in [9.17, 15) is 0 Å². The van der Waals surface area contributed by atoms with Gasteiger partial charge in [0.25, 0.3) is 0 Å². The smallest absolute Gasteiger partial charge is 0.0882 e. The van der Waals surface area contributed by atoms with Crippen LogP contribution in [0.25, 0.3) is 11.1 Å². The van der Waals surface area contributed by atoms with Crippen molar-refractivity contribution in [3.8, 4) is 0 Å². The van der Waals surface area contributed by atoms with Crippen LogP contribution in [-0.2, 0) is 0 Å². The maximum absolute atomic E-state index is 4.06. The molecule has 0 fully saturated rings. The lowest BCUT2D eigenvalue weighted by molar-refractivity contribution is 1.51. The Morgan fingerprint density at radius 2 is 0.579 bits per heavy atom. The molecule has 0 amide bonds. The molecule has 0 aliphatic carbocycles. The van der Waals surface area contributed by atoms with Gasteiger partial charge in [-0.15, -0.1) is 11.5 Å². The highest BCUT2D eigenvalue weighted by atomic mass is 28.3. The molecule has 4 aromatic rings. The van der Waals surface area contributed by atoms with Crippen LogP contribution in [0, 0.1) is 0 Å². The number of allylic oxidation sites excluding steroid dienone is 2. The first kappa shape index (κ1) is 27.4. The van der Waals surface area contributed by atoms with Crippen molar-refractivity contribution < 1.29 is 0 Å². The van der Waals surface area contributed by atoms with Gasteiger partial charge in [0, 0.05) is 11.1 Å². The number of hydrogen-bond acceptors (Lipinski definition) is 0. The lowest BCUT2D eigenvalue weighted by Crippen LogP contribution is -2.34. The summed E-state index contributed by atoms with van der Waals surface area (Å²) in [6, 6.07) is 42.9. The van der Waals surface area contributed by atoms with Gasteiger partial charge in [0.05, 0.1) is 16.1 Å². The molecule has 4 aromatic carbocycles. The van der Waals surface area contributed by atoms with E-state index in [1.165, 1.54) is 32.6 Å². The van der Waals surface area contributed by atoms with Crippen LogP contribution < -0.4 is 0 Å². The third-order valence-corrected chi connectivity index (χ3v) is 10.5. The van der Waals surface area contributed by atoms with Gasteiger partial charge in [-0.2, -0.15) is 0 Å². The van der Waals surface area contributed by atoms with Crippen LogP contribution in [0.4, 0.5) is 0 Å². The zero-order chi connectivity index (χ0) is 27.2. The average molecular weight is 527 g/mol. The van der Waals surface area contributed by atoms with Crippen LogP contribution in [0.5, 0.6) is 0 Å². The summed E-state index contributed by atoms with van der Waals surface area (Å²) < 4.78 is 0. The zero-order valence-corrected chi connectivity index (χ0v) is 25.5. The van der Waals surface area contributed by atoms with E-state index in [0.717, 1.165) is 11.1 Å². The van der Waals surface area contributed by atoms with E-state index in [1.54, 1.807) is 0 Å². The Labute approximate surface area is 231 Å². The predicted molar refractivity (Wildman–Crippen MR) is 172 cm³/mol. The first-order valence-corrected chi connectivity index (χ1v) is 20.4. The maximum Gasteiger partial charge on any atom is 0.0882 e. The monoisotopic (exact) mass is 526 g/mol. The highest BCUT2D eigenvalue weighted by Gasteiger charge is 2.31. The van der Waals surface area contributed by atoms with Crippen molar-refractivity contribution in [3.05, 3.63) is 165 Å². The molecule has 0 aromatic heterocycles. The van der Waals surface area contributed by atoms with Crippen LogP contribution in [0.3, 0.4) is 0 Å². The van der Waals surface area contributed by atoms with Crippen LogP contribution in [0.2, 0.25) is 39.3 Å². The Balaban J connectivity index is 2.19. The van der Waals surface area contributed by atoms with Crippen LogP contribution in [0.1, 0.15) is 22.3 Å². The van der Waals surface area contributed by atoms with E-state index in [0.29, 0.717) is 0 Å². The number of benzene rings is 4. The lowest BCUT2D eigenvalue weighted by Gasteiger charge is -2.28. The second-order valence-electron chi connectivity index (χ2n) is 11.7. The fraction of sp³-hybridized carbons (Fsp3) is 0.167. The SMILES string of the molecule is C[Si](C)(C)C(=C=C(c1ccccc1)c1ccccc1)C(=C=C(c1ccccc1)c1ccccc1)[Si](C)(C)C. The fourth-order valence-electron chi connectivity index (χ4n) is 4.54. The third-order valence-electron chi connectivity index (χ3n) is 6.50. The Kier molecular flexibility index (Phi) is 8.52. The second-order valence-corrected chi connectivity index (χ2v) is 21.7. The first-order chi connectivity index (χ1) is 18.1. The molecule has 0 aliphatic heterocycles. The summed E-state index contributed by atoms with van der Waals surface area (Å²) in [6.45, 7) is 14.6. The molecule has 0 saturated heterocycles. The van der Waals surface area contributed by atoms with Crippen molar-refractivity contribution in [2.45, 2.75) is 39.3 Å². The molecule has 0 nitrogen and oxygen atoms in total. The summed E-state index contributed by atoms with van der Waals surface area (Å²) in [6.07, 6.45) is 0. The van der Waals surface area contributed by atoms with Gasteiger partial charge in [-0.1, -0.05) is 161 Å². The van der Waals surface area contributed by atoms with Gasteiger partial charge >= 0.3 is 0 Å². The predicted octanol–water partition coefficient (Wildman–Crippen LogP) is 10.1. The molecule has 4 rings (SSSR count). The average Bonchev–Trinajstić information content (AvgIpc) is 2.91. The van der Waals surface area contributed by atoms with Crippen molar-refractivity contribution in [2.24, 2.45) is 0 Å². The molecule has 0 aliphatic rings. The minimum absolute atomic E-state index is 1.15. The molecule has 0 unspecified atom stereocenters. The van der Waals surface area contributed by atoms with Gasteiger partial charge in [0.1, 0.15) is 0 Å². The molecular weight excluding hydrogens is 489 g/mol. The summed E-state index contributed by atoms with van der Waals surface area (Å²) >= 11 is 0. The van der Waals surface area contributed by atoms with Gasteiger partial charge in [0.15, 0.2) is 0 Å². The highest BCUT2D eigenvalue weighted by Crippen LogP contribution is 2.34. The third kappa shape index (κ3) is 6.81. The van der Waals surface area contributed by atoms with E-state index in [-0.39, 0.29) is 0 Å². The molecule has 0 atom stereocenters. The molecule has 0 saturated carbocycles. The van der Waals surface area contributed by atoms with Gasteiger partial charge in [0.2, 0.25) is 0 Å². The summed E-state index contributed by atoms with van der Waals surface area (Å²) in [7, 11) is -3.70. The summed E-state index contributed by atoms with van der Waals surface area (Å²) in [5.74, 6) is 0. The van der Waals surface area contributed by atoms with E-state index in [1.807, 2.05) is 0 Å². The maximum atomic E-state index is 4.06. The van der Waals surface area contributed by atoms with Crippen molar-refractivity contribution in [1.82, 2.24) is 0 Å². The molecular formula is C36H38Si2. The van der Waals surface area contributed by atoms with Crippen molar-refractivity contribution >= 4 is 27.3 Å². The fourth-order valence-corrected chi connectivity index (χ4v) is 9.42. The number of rotatable bonds is 7. The van der Waals surface area contributed by atoms with Gasteiger partial charge in [-0.25, -0.2) is 0 Å². The molecule has 2 heteroatoms. The molecule has 190 valence electrons. The normalized spacial score (nSPS) is 11.2. The summed E-state index contributed by atoms with van der Waals surface area (Å²) in [4.78, 5) is 0. The molecule has 38 heavy (non-hydrogen) atoms. The summed E-state index contributed by atoms with van der Waals surface area (Å²) in [5, 5.41) is 2.73. The zero-order valence-electron chi connectivity index (χ0n) is 23.5. The molecule has 0 N–H and O–H groups in total. The van der Waals surface area contributed by atoms with E-state index < -0.39 is 16.1 Å². The van der Waals surface area contributed by atoms with Gasteiger partial charge in [-0.05, 0) is 32.6 Å². The topological polar surface area (TPSA) is 0 Å². The quantitative estimate of drug-likeness (QED) is 0.128. The Bertz CT molecular complexity index is 1280. The van der Waals surface area contributed by atoms with Crippen molar-refractivity contribution in [1.29, 1.82) is 0 Å².